The van der Waals surface area contributed by atoms with Crippen LogP contribution in [0.2, 0.25) is 5.02 Å². The molecule has 3 aromatic rings. The van der Waals surface area contributed by atoms with E-state index < -0.39 is 0 Å². The van der Waals surface area contributed by atoms with Crippen molar-refractivity contribution in [3.05, 3.63) is 63.2 Å². The topological polar surface area (TPSA) is 56.1 Å². The number of halogens is 2. The van der Waals surface area contributed by atoms with Crippen LogP contribution < -0.4 is 10.1 Å². The Morgan fingerprint density at radius 3 is 2.59 bits per heavy atom. The Bertz CT molecular complexity index is 984. The summed E-state index contributed by atoms with van der Waals surface area (Å²) >= 11 is 9.38. The molecular formula is C20H19BrClN3O2. The van der Waals surface area contributed by atoms with Gasteiger partial charge in [0, 0.05) is 22.1 Å². The Hall–Kier alpha value is -2.31. The van der Waals surface area contributed by atoms with Crippen molar-refractivity contribution in [2.75, 3.05) is 11.9 Å². The summed E-state index contributed by atoms with van der Waals surface area (Å²) in [7, 11) is 1.80. The van der Waals surface area contributed by atoms with Crippen LogP contribution in [0, 0.1) is 13.8 Å². The molecule has 0 saturated heterocycles. The first-order chi connectivity index (χ1) is 12.8. The molecule has 1 amide bonds. The van der Waals surface area contributed by atoms with Crippen molar-refractivity contribution in [1.29, 1.82) is 0 Å². The van der Waals surface area contributed by atoms with E-state index in [1.807, 2.05) is 38.1 Å². The van der Waals surface area contributed by atoms with Crippen LogP contribution in [0.25, 0.3) is 11.1 Å². The molecule has 0 aliphatic heterocycles. The van der Waals surface area contributed by atoms with Crippen molar-refractivity contribution in [2.45, 2.75) is 13.8 Å². The first-order valence-electron chi connectivity index (χ1n) is 8.33. The number of hydrogen-bond donors (Lipinski definition) is 1. The number of anilines is 1. The van der Waals surface area contributed by atoms with E-state index in [0.29, 0.717) is 16.6 Å². The summed E-state index contributed by atoms with van der Waals surface area (Å²) in [6.45, 7) is 3.70. The van der Waals surface area contributed by atoms with Crippen LogP contribution in [-0.2, 0) is 11.8 Å². The van der Waals surface area contributed by atoms with Gasteiger partial charge in [0.15, 0.2) is 6.61 Å². The fourth-order valence-electron chi connectivity index (χ4n) is 2.85. The number of aryl methyl sites for hydroxylation is 3. The van der Waals surface area contributed by atoms with Crippen LogP contribution in [0.15, 0.2) is 46.9 Å². The molecule has 1 heterocycles. The molecule has 3 rings (SSSR count). The quantitative estimate of drug-likeness (QED) is 0.588. The van der Waals surface area contributed by atoms with Gasteiger partial charge >= 0.3 is 0 Å². The van der Waals surface area contributed by atoms with Gasteiger partial charge in [0.05, 0.1) is 5.69 Å². The molecule has 5 nitrogen and oxygen atoms in total. The fraction of sp³-hybridized carbons (Fsp3) is 0.200. The highest BCUT2D eigenvalue weighted by Gasteiger charge is 2.17. The minimum absolute atomic E-state index is 0.105. The summed E-state index contributed by atoms with van der Waals surface area (Å²) in [6.07, 6.45) is 0. The van der Waals surface area contributed by atoms with E-state index >= 15 is 0 Å². The number of nitrogens with zero attached hydrogens (tertiary/aromatic N) is 2. The maximum Gasteiger partial charge on any atom is 0.263 e. The van der Waals surface area contributed by atoms with Gasteiger partial charge in [-0.3, -0.25) is 9.48 Å². The number of benzene rings is 2. The summed E-state index contributed by atoms with van der Waals surface area (Å²) in [4.78, 5) is 12.5. The first kappa shape index (κ1) is 19.5. The predicted molar refractivity (Wildman–Crippen MR) is 111 cm³/mol. The first-order valence-corrected chi connectivity index (χ1v) is 9.50. The Morgan fingerprint density at radius 2 is 1.93 bits per heavy atom. The number of carbonyl (C=O) groups is 1. The Kier molecular flexibility index (Phi) is 5.87. The molecular weight excluding hydrogens is 430 g/mol. The van der Waals surface area contributed by atoms with Crippen LogP contribution in [0.3, 0.4) is 0 Å². The summed E-state index contributed by atoms with van der Waals surface area (Å²) in [5.41, 5.74) is 3.58. The van der Waals surface area contributed by atoms with Gasteiger partial charge in [-0.15, -0.1) is 0 Å². The lowest BCUT2D eigenvalue weighted by molar-refractivity contribution is -0.118. The van der Waals surface area contributed by atoms with E-state index in [0.717, 1.165) is 26.9 Å². The maximum atomic E-state index is 12.5. The van der Waals surface area contributed by atoms with Gasteiger partial charge in [0.2, 0.25) is 0 Å². The molecule has 7 heteroatoms. The van der Waals surface area contributed by atoms with Crippen LogP contribution in [0.4, 0.5) is 5.82 Å². The van der Waals surface area contributed by atoms with Crippen LogP contribution in [0.5, 0.6) is 5.75 Å². The molecule has 0 fully saturated rings. The fourth-order valence-corrected chi connectivity index (χ4v) is 3.34. The normalized spacial score (nSPS) is 10.7. The lowest BCUT2D eigenvalue weighted by Gasteiger charge is -2.11. The maximum absolute atomic E-state index is 12.5. The molecule has 0 atom stereocenters. The minimum atomic E-state index is -0.259. The van der Waals surface area contributed by atoms with Gasteiger partial charge < -0.3 is 10.1 Å². The molecule has 2 aromatic carbocycles. The Morgan fingerprint density at radius 1 is 1.22 bits per heavy atom. The Balaban J connectivity index is 1.77. The van der Waals surface area contributed by atoms with E-state index in [9.17, 15) is 4.79 Å². The summed E-state index contributed by atoms with van der Waals surface area (Å²) in [5, 5.41) is 7.99. The van der Waals surface area contributed by atoms with Gasteiger partial charge in [0.25, 0.3) is 5.91 Å². The van der Waals surface area contributed by atoms with E-state index in [1.54, 1.807) is 29.9 Å². The smallest absolute Gasteiger partial charge is 0.263 e. The number of nitrogens with one attached hydrogen (secondary N) is 1. The molecule has 0 unspecified atom stereocenters. The molecule has 0 bridgehead atoms. The number of hydrogen-bond acceptors (Lipinski definition) is 3. The summed E-state index contributed by atoms with van der Waals surface area (Å²) < 4.78 is 8.28. The molecule has 140 valence electrons. The molecule has 1 aromatic heterocycles. The average Bonchev–Trinajstić information content (AvgIpc) is 2.88. The molecule has 27 heavy (non-hydrogen) atoms. The summed E-state index contributed by atoms with van der Waals surface area (Å²) in [6, 6.07) is 13.2. The van der Waals surface area contributed by atoms with Gasteiger partial charge in [-0.1, -0.05) is 39.7 Å². The van der Waals surface area contributed by atoms with E-state index in [-0.39, 0.29) is 12.5 Å². The highest BCUT2D eigenvalue weighted by Crippen LogP contribution is 2.32. The van der Waals surface area contributed by atoms with Crippen LogP contribution in [-0.4, -0.2) is 22.3 Å². The van der Waals surface area contributed by atoms with E-state index in [1.165, 1.54) is 0 Å². The monoisotopic (exact) mass is 447 g/mol. The van der Waals surface area contributed by atoms with Gasteiger partial charge in [-0.2, -0.15) is 5.10 Å². The largest absolute Gasteiger partial charge is 0.483 e. The van der Waals surface area contributed by atoms with Crippen molar-refractivity contribution >= 4 is 39.3 Å². The zero-order chi connectivity index (χ0) is 19.6. The standard InChI is InChI=1S/C20H19BrClN3O2/c1-12-10-16(22)8-9-17(12)27-11-18(26)23-20-19(13(2)24-25(20)3)14-4-6-15(21)7-5-14/h4-10H,11H2,1-3H3,(H,23,26). The van der Waals surface area contributed by atoms with Crippen molar-refractivity contribution in [1.82, 2.24) is 9.78 Å². The van der Waals surface area contributed by atoms with Crippen LogP contribution >= 0.6 is 27.5 Å². The third kappa shape index (κ3) is 4.51. The highest BCUT2D eigenvalue weighted by molar-refractivity contribution is 9.10. The average molecular weight is 449 g/mol. The van der Waals surface area contributed by atoms with Crippen LogP contribution in [0.1, 0.15) is 11.3 Å². The molecule has 1 N–H and O–H groups in total. The van der Waals surface area contributed by atoms with Gasteiger partial charge in [0.1, 0.15) is 11.6 Å². The van der Waals surface area contributed by atoms with Crippen molar-refractivity contribution in [3.63, 3.8) is 0 Å². The third-order valence-electron chi connectivity index (χ3n) is 4.11. The molecule has 0 spiro atoms. The zero-order valence-corrected chi connectivity index (χ0v) is 17.6. The van der Waals surface area contributed by atoms with Gasteiger partial charge in [-0.25, -0.2) is 0 Å². The second-order valence-corrected chi connectivity index (χ2v) is 7.54. The molecule has 0 aliphatic carbocycles. The van der Waals surface area contributed by atoms with Crippen molar-refractivity contribution in [3.8, 4) is 16.9 Å². The number of aromatic nitrogens is 2. The number of amides is 1. The van der Waals surface area contributed by atoms with E-state index in [4.69, 9.17) is 16.3 Å². The number of ether oxygens (including phenoxy) is 1. The number of carbonyl (C=O) groups excluding carboxylic acids is 1. The predicted octanol–water partition coefficient (Wildman–Crippen LogP) is 5.14. The summed E-state index contributed by atoms with van der Waals surface area (Å²) in [5.74, 6) is 1.01. The lowest BCUT2D eigenvalue weighted by Crippen LogP contribution is -2.22. The zero-order valence-electron chi connectivity index (χ0n) is 15.2. The molecule has 0 saturated carbocycles. The molecule has 0 radical (unpaired) electrons. The SMILES string of the molecule is Cc1cc(Cl)ccc1OCC(=O)Nc1c(-c2ccc(Br)cc2)c(C)nn1C. The van der Waals surface area contributed by atoms with Crippen molar-refractivity contribution in [2.24, 2.45) is 7.05 Å². The van der Waals surface area contributed by atoms with Gasteiger partial charge in [-0.05, 0) is 55.3 Å². The highest BCUT2D eigenvalue weighted by atomic mass is 79.9. The Labute approximate surface area is 171 Å². The number of rotatable bonds is 5. The second kappa shape index (κ2) is 8.15. The van der Waals surface area contributed by atoms with E-state index in [2.05, 4.69) is 26.3 Å². The molecule has 0 aliphatic rings. The lowest BCUT2D eigenvalue weighted by atomic mass is 10.1. The third-order valence-corrected chi connectivity index (χ3v) is 4.87. The van der Waals surface area contributed by atoms with Crippen molar-refractivity contribution < 1.29 is 9.53 Å². The minimum Gasteiger partial charge on any atom is -0.483 e. The second-order valence-electron chi connectivity index (χ2n) is 6.19.